The lowest BCUT2D eigenvalue weighted by Crippen LogP contribution is -2.36. The van der Waals surface area contributed by atoms with Gasteiger partial charge in [-0.25, -0.2) is 0 Å². The zero-order chi connectivity index (χ0) is 14.3. The number of rotatable bonds is 7. The molecule has 0 bridgehead atoms. The van der Waals surface area contributed by atoms with Crippen molar-refractivity contribution in [3.8, 4) is 5.75 Å². The van der Waals surface area contributed by atoms with Gasteiger partial charge in [0.1, 0.15) is 12.4 Å². The van der Waals surface area contributed by atoms with Crippen molar-refractivity contribution in [2.24, 2.45) is 0 Å². The Morgan fingerprint density at radius 3 is 2.42 bits per heavy atom. The number of ether oxygens (including phenoxy) is 2. The summed E-state index contributed by atoms with van der Waals surface area (Å²) in [5.74, 6) is 0.598. The Balaban J connectivity index is 2.22. The summed E-state index contributed by atoms with van der Waals surface area (Å²) in [5, 5.41) is 3.07. The second-order valence-corrected chi connectivity index (χ2v) is 4.94. The van der Waals surface area contributed by atoms with Crippen LogP contribution in [0.5, 0.6) is 5.75 Å². The van der Waals surface area contributed by atoms with Crippen molar-refractivity contribution in [1.29, 1.82) is 0 Å². The summed E-state index contributed by atoms with van der Waals surface area (Å²) in [6, 6.07) is 7.98. The number of hydrogen-bond acceptors (Lipinski definition) is 4. The fourth-order valence-corrected chi connectivity index (χ4v) is 1.48. The van der Waals surface area contributed by atoms with Crippen molar-refractivity contribution in [2.75, 3.05) is 13.2 Å². The van der Waals surface area contributed by atoms with E-state index in [9.17, 15) is 4.79 Å². The van der Waals surface area contributed by atoms with Crippen LogP contribution >= 0.6 is 0 Å². The van der Waals surface area contributed by atoms with Crippen LogP contribution in [0.1, 0.15) is 26.3 Å². The van der Waals surface area contributed by atoms with Gasteiger partial charge in [-0.1, -0.05) is 17.7 Å². The first-order valence-corrected chi connectivity index (χ1v) is 6.59. The van der Waals surface area contributed by atoms with Gasteiger partial charge in [-0.05, 0) is 39.8 Å². The van der Waals surface area contributed by atoms with E-state index in [0.717, 1.165) is 5.75 Å². The molecule has 0 aliphatic heterocycles. The van der Waals surface area contributed by atoms with Crippen LogP contribution in [0.25, 0.3) is 0 Å². The summed E-state index contributed by atoms with van der Waals surface area (Å²) in [6.45, 7) is 8.39. The molecule has 19 heavy (non-hydrogen) atoms. The lowest BCUT2D eigenvalue weighted by molar-refractivity contribution is -0.146. The van der Waals surface area contributed by atoms with Gasteiger partial charge < -0.3 is 14.8 Å². The van der Waals surface area contributed by atoms with Crippen LogP contribution < -0.4 is 10.1 Å². The topological polar surface area (TPSA) is 47.6 Å². The van der Waals surface area contributed by atoms with E-state index in [1.54, 1.807) is 0 Å². The molecule has 1 rings (SSSR count). The van der Waals surface area contributed by atoms with E-state index in [1.807, 2.05) is 52.0 Å². The van der Waals surface area contributed by atoms with Gasteiger partial charge in [0.25, 0.3) is 0 Å². The summed E-state index contributed by atoms with van der Waals surface area (Å²) in [6.07, 6.45) is -0.0755. The molecule has 0 saturated heterocycles. The number of hydrogen-bond donors (Lipinski definition) is 1. The minimum absolute atomic E-state index is 0.0755. The molecular formula is C15H23NO3. The number of benzene rings is 1. The molecule has 1 N–H and O–H groups in total. The quantitative estimate of drug-likeness (QED) is 0.769. The van der Waals surface area contributed by atoms with E-state index in [-0.39, 0.29) is 24.7 Å². The van der Waals surface area contributed by atoms with Crippen LogP contribution in [-0.4, -0.2) is 31.3 Å². The third-order valence-corrected chi connectivity index (χ3v) is 2.48. The fourth-order valence-electron chi connectivity index (χ4n) is 1.48. The lowest BCUT2D eigenvalue weighted by atomic mass is 10.2. The van der Waals surface area contributed by atoms with E-state index >= 15 is 0 Å². The van der Waals surface area contributed by atoms with Gasteiger partial charge in [0.05, 0.1) is 12.6 Å². The second kappa shape index (κ2) is 7.79. The van der Waals surface area contributed by atoms with Crippen LogP contribution in [-0.2, 0) is 9.53 Å². The molecule has 0 aliphatic carbocycles. The second-order valence-electron chi connectivity index (χ2n) is 4.94. The number of carbonyl (C=O) groups is 1. The summed E-state index contributed by atoms with van der Waals surface area (Å²) >= 11 is 0. The smallest absolute Gasteiger partial charge is 0.320 e. The van der Waals surface area contributed by atoms with Gasteiger partial charge in [0.2, 0.25) is 0 Å². The third-order valence-electron chi connectivity index (χ3n) is 2.48. The molecule has 4 nitrogen and oxygen atoms in total. The molecule has 0 fully saturated rings. The third kappa shape index (κ3) is 6.82. The highest BCUT2D eigenvalue weighted by Crippen LogP contribution is 2.11. The molecule has 1 aromatic rings. The molecule has 1 unspecified atom stereocenters. The van der Waals surface area contributed by atoms with Crippen LogP contribution in [0.4, 0.5) is 0 Å². The van der Waals surface area contributed by atoms with Crippen LogP contribution in [0, 0.1) is 6.92 Å². The van der Waals surface area contributed by atoms with Gasteiger partial charge in [-0.2, -0.15) is 0 Å². The SMILES string of the molecule is Cc1ccc(OCC(C)NCC(=O)OC(C)C)cc1. The van der Waals surface area contributed by atoms with Gasteiger partial charge >= 0.3 is 5.97 Å². The maximum atomic E-state index is 11.3. The van der Waals surface area contributed by atoms with Crippen LogP contribution in [0.15, 0.2) is 24.3 Å². The highest BCUT2D eigenvalue weighted by molar-refractivity contribution is 5.71. The predicted octanol–water partition coefficient (Wildman–Crippen LogP) is 2.30. The molecular weight excluding hydrogens is 242 g/mol. The molecule has 0 amide bonds. The first-order valence-electron chi connectivity index (χ1n) is 6.59. The molecule has 106 valence electrons. The van der Waals surface area contributed by atoms with Crippen molar-refractivity contribution < 1.29 is 14.3 Å². The standard InChI is InChI=1S/C15H23NO3/c1-11(2)19-15(17)9-16-13(4)10-18-14-7-5-12(3)6-8-14/h5-8,11,13,16H,9-10H2,1-4H3. The normalized spacial score (nSPS) is 12.3. The monoisotopic (exact) mass is 265 g/mol. The maximum Gasteiger partial charge on any atom is 0.320 e. The van der Waals surface area contributed by atoms with Gasteiger partial charge in [0.15, 0.2) is 0 Å². The molecule has 0 aromatic heterocycles. The zero-order valence-corrected chi connectivity index (χ0v) is 12.1. The van der Waals surface area contributed by atoms with Crippen molar-refractivity contribution in [3.05, 3.63) is 29.8 Å². The molecule has 0 heterocycles. The average Bonchev–Trinajstić information content (AvgIpc) is 2.35. The van der Waals surface area contributed by atoms with Crippen molar-refractivity contribution in [3.63, 3.8) is 0 Å². The highest BCUT2D eigenvalue weighted by atomic mass is 16.5. The summed E-state index contributed by atoms with van der Waals surface area (Å²) in [7, 11) is 0. The van der Waals surface area contributed by atoms with Crippen molar-refractivity contribution >= 4 is 5.97 Å². The molecule has 1 aromatic carbocycles. The highest BCUT2D eigenvalue weighted by Gasteiger charge is 2.08. The first kappa shape index (κ1) is 15.5. The first-order chi connectivity index (χ1) is 8.97. The van der Waals surface area contributed by atoms with E-state index in [1.165, 1.54) is 5.56 Å². The van der Waals surface area contributed by atoms with Crippen molar-refractivity contribution in [1.82, 2.24) is 5.32 Å². The Hall–Kier alpha value is -1.55. The molecule has 0 aliphatic rings. The molecule has 0 radical (unpaired) electrons. The van der Waals surface area contributed by atoms with E-state index in [4.69, 9.17) is 9.47 Å². The molecule has 0 spiro atoms. The zero-order valence-electron chi connectivity index (χ0n) is 12.1. The predicted molar refractivity (Wildman–Crippen MR) is 75.4 cm³/mol. The van der Waals surface area contributed by atoms with Gasteiger partial charge in [-0.3, -0.25) is 4.79 Å². The Morgan fingerprint density at radius 2 is 1.84 bits per heavy atom. The molecule has 1 atom stereocenters. The summed E-state index contributed by atoms with van der Waals surface area (Å²) in [5.41, 5.74) is 1.20. The Kier molecular flexibility index (Phi) is 6.36. The number of carbonyl (C=O) groups excluding carboxylic acids is 1. The minimum atomic E-state index is -0.239. The number of nitrogens with one attached hydrogen (secondary N) is 1. The van der Waals surface area contributed by atoms with Crippen molar-refractivity contribution in [2.45, 2.75) is 39.8 Å². The summed E-state index contributed by atoms with van der Waals surface area (Å²) in [4.78, 5) is 11.3. The maximum absolute atomic E-state index is 11.3. The number of esters is 1. The Bertz CT molecular complexity index is 387. The minimum Gasteiger partial charge on any atom is -0.492 e. The molecule has 4 heteroatoms. The Labute approximate surface area is 115 Å². The van der Waals surface area contributed by atoms with Gasteiger partial charge in [-0.15, -0.1) is 0 Å². The van der Waals surface area contributed by atoms with Crippen LogP contribution in [0.3, 0.4) is 0 Å². The fraction of sp³-hybridized carbons (Fsp3) is 0.533. The van der Waals surface area contributed by atoms with Crippen LogP contribution in [0.2, 0.25) is 0 Å². The molecule has 0 saturated carbocycles. The largest absolute Gasteiger partial charge is 0.492 e. The van der Waals surface area contributed by atoms with E-state index in [0.29, 0.717) is 6.61 Å². The number of aryl methyl sites for hydroxylation is 1. The van der Waals surface area contributed by atoms with Gasteiger partial charge in [0, 0.05) is 6.04 Å². The van der Waals surface area contributed by atoms with E-state index < -0.39 is 0 Å². The summed E-state index contributed by atoms with van der Waals surface area (Å²) < 4.78 is 10.7. The van der Waals surface area contributed by atoms with E-state index in [2.05, 4.69) is 5.32 Å². The Morgan fingerprint density at radius 1 is 1.21 bits per heavy atom. The average molecular weight is 265 g/mol. The lowest BCUT2D eigenvalue weighted by Gasteiger charge is -2.15.